The maximum Gasteiger partial charge on any atom is 0.262 e. The van der Waals surface area contributed by atoms with E-state index in [4.69, 9.17) is 0 Å². The molecule has 1 aromatic rings. The van der Waals surface area contributed by atoms with Crippen LogP contribution >= 0.6 is 0 Å². The van der Waals surface area contributed by atoms with Gasteiger partial charge in [0.1, 0.15) is 5.82 Å². The van der Waals surface area contributed by atoms with Gasteiger partial charge in [-0.15, -0.1) is 0 Å². The molecule has 1 aromatic heterocycles. The fraction of sp³-hybridized carbons (Fsp3) is 0.786. The highest BCUT2D eigenvalue weighted by atomic mass is 32.2. The molecule has 7 heteroatoms. The summed E-state index contributed by atoms with van der Waals surface area (Å²) in [6, 6.07) is 0. The first kappa shape index (κ1) is 16.5. The van der Waals surface area contributed by atoms with Crippen LogP contribution in [-0.4, -0.2) is 48.5 Å². The SMILES string of the molecule is CCN(CC1CCNCC1)S(=O)(=O)c1cn(CC)c(C)n1. The van der Waals surface area contributed by atoms with E-state index in [2.05, 4.69) is 10.3 Å². The number of nitrogens with one attached hydrogen (secondary N) is 1. The molecule has 21 heavy (non-hydrogen) atoms. The lowest BCUT2D eigenvalue weighted by atomic mass is 9.98. The van der Waals surface area contributed by atoms with E-state index in [1.807, 2.05) is 25.3 Å². The first-order valence-electron chi connectivity index (χ1n) is 7.73. The van der Waals surface area contributed by atoms with Gasteiger partial charge in [0.15, 0.2) is 5.03 Å². The van der Waals surface area contributed by atoms with Crippen LogP contribution in [0.3, 0.4) is 0 Å². The second kappa shape index (κ2) is 6.89. The zero-order valence-electron chi connectivity index (χ0n) is 13.2. The van der Waals surface area contributed by atoms with E-state index in [-0.39, 0.29) is 5.03 Å². The average molecular weight is 314 g/mol. The Hall–Kier alpha value is -0.920. The quantitative estimate of drug-likeness (QED) is 0.857. The average Bonchev–Trinajstić information content (AvgIpc) is 2.87. The third-order valence-electron chi connectivity index (χ3n) is 4.17. The summed E-state index contributed by atoms with van der Waals surface area (Å²) >= 11 is 0. The minimum atomic E-state index is -3.48. The highest BCUT2D eigenvalue weighted by molar-refractivity contribution is 7.89. The van der Waals surface area contributed by atoms with E-state index in [1.54, 1.807) is 10.5 Å². The Morgan fingerprint density at radius 3 is 2.57 bits per heavy atom. The molecule has 0 atom stereocenters. The largest absolute Gasteiger partial charge is 0.334 e. The van der Waals surface area contributed by atoms with Crippen LogP contribution < -0.4 is 5.32 Å². The van der Waals surface area contributed by atoms with Gasteiger partial charge in [0.2, 0.25) is 0 Å². The first-order chi connectivity index (χ1) is 9.98. The van der Waals surface area contributed by atoms with Crippen LogP contribution in [0.25, 0.3) is 0 Å². The molecular weight excluding hydrogens is 288 g/mol. The Balaban J connectivity index is 2.17. The second-order valence-electron chi connectivity index (χ2n) is 5.56. The molecule has 0 amide bonds. The van der Waals surface area contributed by atoms with Crippen molar-refractivity contribution >= 4 is 10.0 Å². The summed E-state index contributed by atoms with van der Waals surface area (Å²) in [4.78, 5) is 4.24. The summed E-state index contributed by atoms with van der Waals surface area (Å²) in [5, 5.41) is 3.49. The van der Waals surface area contributed by atoms with E-state index in [0.717, 1.165) is 38.3 Å². The van der Waals surface area contributed by atoms with Crippen molar-refractivity contribution in [3.63, 3.8) is 0 Å². The van der Waals surface area contributed by atoms with E-state index in [9.17, 15) is 8.42 Å². The van der Waals surface area contributed by atoms with Crippen molar-refractivity contribution in [2.75, 3.05) is 26.2 Å². The molecular formula is C14H26N4O2S. The molecule has 0 spiro atoms. The smallest absolute Gasteiger partial charge is 0.262 e. The fourth-order valence-corrected chi connectivity index (χ4v) is 4.32. The van der Waals surface area contributed by atoms with Gasteiger partial charge in [0.25, 0.3) is 10.0 Å². The number of hydrogen-bond acceptors (Lipinski definition) is 4. The summed E-state index contributed by atoms with van der Waals surface area (Å²) in [5.74, 6) is 1.18. The molecule has 1 aliphatic rings. The number of hydrogen-bond donors (Lipinski definition) is 1. The van der Waals surface area contributed by atoms with Crippen molar-refractivity contribution < 1.29 is 8.42 Å². The van der Waals surface area contributed by atoms with Gasteiger partial charge in [-0.2, -0.15) is 4.31 Å². The lowest BCUT2D eigenvalue weighted by Gasteiger charge is -2.28. The van der Waals surface area contributed by atoms with Crippen LogP contribution in [0.5, 0.6) is 0 Å². The third-order valence-corrected chi connectivity index (χ3v) is 5.98. The zero-order valence-corrected chi connectivity index (χ0v) is 14.0. The van der Waals surface area contributed by atoms with Crippen LogP contribution in [0.4, 0.5) is 0 Å². The summed E-state index contributed by atoms with van der Waals surface area (Å²) in [6.07, 6.45) is 3.72. The number of piperidine rings is 1. The highest BCUT2D eigenvalue weighted by Gasteiger charge is 2.29. The molecule has 6 nitrogen and oxygen atoms in total. The van der Waals surface area contributed by atoms with Crippen molar-refractivity contribution in [3.05, 3.63) is 12.0 Å². The van der Waals surface area contributed by atoms with Crippen LogP contribution in [0.15, 0.2) is 11.2 Å². The van der Waals surface area contributed by atoms with Gasteiger partial charge in [0, 0.05) is 25.8 Å². The Morgan fingerprint density at radius 1 is 1.38 bits per heavy atom. The normalized spacial score (nSPS) is 17.5. The summed E-state index contributed by atoms with van der Waals surface area (Å²) in [5.41, 5.74) is 0. The van der Waals surface area contributed by atoms with E-state index in [1.165, 1.54) is 0 Å². The number of rotatable bonds is 6. The Labute approximate surface area is 127 Å². The number of imidazole rings is 1. The molecule has 0 unspecified atom stereocenters. The maximum atomic E-state index is 12.8. The predicted molar refractivity (Wildman–Crippen MR) is 82.7 cm³/mol. The summed E-state index contributed by atoms with van der Waals surface area (Å²) in [6.45, 7) is 9.49. The molecule has 1 aliphatic heterocycles. The van der Waals surface area contributed by atoms with Gasteiger partial charge in [-0.05, 0) is 45.7 Å². The number of sulfonamides is 1. The molecule has 0 saturated carbocycles. The third kappa shape index (κ3) is 3.64. The molecule has 0 radical (unpaired) electrons. The number of nitrogens with zero attached hydrogens (tertiary/aromatic N) is 3. The standard InChI is InChI=1S/C14H26N4O2S/c1-4-17-11-14(16-12(17)3)21(19,20)18(5-2)10-13-6-8-15-9-7-13/h11,13,15H,4-10H2,1-3H3. The van der Waals surface area contributed by atoms with Crippen molar-refractivity contribution in [3.8, 4) is 0 Å². The molecule has 1 saturated heterocycles. The van der Waals surface area contributed by atoms with E-state index >= 15 is 0 Å². The van der Waals surface area contributed by atoms with E-state index in [0.29, 0.717) is 19.0 Å². The number of aromatic nitrogens is 2. The summed E-state index contributed by atoms with van der Waals surface area (Å²) in [7, 11) is -3.48. The lowest BCUT2D eigenvalue weighted by molar-refractivity contribution is 0.294. The molecule has 1 fully saturated rings. The Bertz CT molecular complexity index is 562. The van der Waals surface area contributed by atoms with Crippen molar-refractivity contribution in [1.29, 1.82) is 0 Å². The lowest BCUT2D eigenvalue weighted by Crippen LogP contribution is -2.39. The maximum absolute atomic E-state index is 12.8. The van der Waals surface area contributed by atoms with Crippen molar-refractivity contribution in [2.45, 2.75) is 45.2 Å². The van der Waals surface area contributed by atoms with Crippen LogP contribution in [0, 0.1) is 12.8 Å². The Kier molecular flexibility index (Phi) is 5.40. The molecule has 120 valence electrons. The second-order valence-corrected chi connectivity index (χ2v) is 7.45. The van der Waals surface area contributed by atoms with Gasteiger partial charge in [0.05, 0.1) is 0 Å². The van der Waals surface area contributed by atoms with E-state index < -0.39 is 10.0 Å². The topological polar surface area (TPSA) is 67.2 Å². The zero-order chi connectivity index (χ0) is 15.5. The van der Waals surface area contributed by atoms with Crippen molar-refractivity contribution in [1.82, 2.24) is 19.2 Å². The van der Waals surface area contributed by atoms with Crippen LogP contribution in [0.2, 0.25) is 0 Å². The molecule has 2 rings (SSSR count). The molecule has 0 bridgehead atoms. The summed E-state index contributed by atoms with van der Waals surface area (Å²) < 4.78 is 28.9. The number of aryl methyl sites for hydroxylation is 2. The monoisotopic (exact) mass is 314 g/mol. The molecule has 0 aromatic carbocycles. The van der Waals surface area contributed by atoms with Gasteiger partial charge in [-0.1, -0.05) is 6.92 Å². The van der Waals surface area contributed by atoms with Crippen molar-refractivity contribution in [2.24, 2.45) is 5.92 Å². The minimum Gasteiger partial charge on any atom is -0.334 e. The van der Waals surface area contributed by atoms with Crippen LogP contribution in [-0.2, 0) is 16.6 Å². The van der Waals surface area contributed by atoms with Gasteiger partial charge >= 0.3 is 0 Å². The Morgan fingerprint density at radius 2 is 2.05 bits per heavy atom. The van der Waals surface area contributed by atoms with Crippen LogP contribution in [0.1, 0.15) is 32.5 Å². The minimum absolute atomic E-state index is 0.178. The van der Waals surface area contributed by atoms with Gasteiger partial charge in [-0.25, -0.2) is 13.4 Å². The molecule has 1 N–H and O–H groups in total. The van der Waals surface area contributed by atoms with Gasteiger partial charge in [-0.3, -0.25) is 0 Å². The van der Waals surface area contributed by atoms with Gasteiger partial charge < -0.3 is 9.88 Å². The fourth-order valence-electron chi connectivity index (χ4n) is 2.81. The predicted octanol–water partition coefficient (Wildman–Crippen LogP) is 1.22. The first-order valence-corrected chi connectivity index (χ1v) is 9.17. The molecule has 2 heterocycles. The highest BCUT2D eigenvalue weighted by Crippen LogP contribution is 2.20. The molecule has 0 aliphatic carbocycles.